The summed E-state index contributed by atoms with van der Waals surface area (Å²) < 4.78 is 7.92. The molecule has 1 aliphatic carbocycles. The lowest BCUT2D eigenvalue weighted by Crippen LogP contribution is -2.31. The van der Waals surface area contributed by atoms with Crippen LogP contribution in [0.15, 0.2) is 43.0 Å². The van der Waals surface area contributed by atoms with E-state index in [0.717, 1.165) is 24.1 Å². The Morgan fingerprint density at radius 3 is 2.96 bits per heavy atom. The second kappa shape index (κ2) is 9.22. The number of carbonyl (C=O) groups is 1. The molecular formula is C19H26N4O2. The average molecular weight is 342 g/mol. The highest BCUT2D eigenvalue weighted by Crippen LogP contribution is 2.22. The van der Waals surface area contributed by atoms with Gasteiger partial charge in [-0.1, -0.05) is 31.4 Å². The van der Waals surface area contributed by atoms with Crippen LogP contribution in [0.1, 0.15) is 37.7 Å². The van der Waals surface area contributed by atoms with Gasteiger partial charge in [-0.05, 0) is 30.5 Å². The van der Waals surface area contributed by atoms with Crippen LogP contribution in [-0.2, 0) is 17.9 Å². The Morgan fingerprint density at radius 1 is 1.28 bits per heavy atom. The number of hydrogen-bond donors (Lipinski definition) is 2. The van der Waals surface area contributed by atoms with Gasteiger partial charge in [0, 0.05) is 31.2 Å². The lowest BCUT2D eigenvalue weighted by atomic mass is 9.98. The molecule has 0 aliphatic heterocycles. The monoisotopic (exact) mass is 342 g/mol. The zero-order chi connectivity index (χ0) is 17.3. The Hall–Kier alpha value is -2.34. The number of ether oxygens (including phenoxy) is 1. The van der Waals surface area contributed by atoms with E-state index < -0.39 is 0 Å². The summed E-state index contributed by atoms with van der Waals surface area (Å²) in [4.78, 5) is 16.0. The Bertz CT molecular complexity index is 651. The summed E-state index contributed by atoms with van der Waals surface area (Å²) in [5.74, 6) is 0. The van der Waals surface area contributed by atoms with E-state index in [4.69, 9.17) is 4.74 Å². The molecule has 0 bridgehead atoms. The zero-order valence-electron chi connectivity index (χ0n) is 14.5. The number of urea groups is 1. The molecule has 25 heavy (non-hydrogen) atoms. The number of imidazole rings is 1. The van der Waals surface area contributed by atoms with Gasteiger partial charge in [-0.15, -0.1) is 0 Å². The van der Waals surface area contributed by atoms with Crippen molar-refractivity contribution in [1.82, 2.24) is 14.9 Å². The molecule has 0 unspecified atom stereocenters. The first kappa shape index (κ1) is 17.5. The maximum atomic E-state index is 12.0. The van der Waals surface area contributed by atoms with E-state index in [2.05, 4.69) is 15.6 Å². The molecule has 1 aromatic carbocycles. The van der Waals surface area contributed by atoms with Crippen molar-refractivity contribution in [2.45, 2.75) is 51.4 Å². The molecule has 1 aromatic heterocycles. The van der Waals surface area contributed by atoms with Crippen LogP contribution in [0.3, 0.4) is 0 Å². The van der Waals surface area contributed by atoms with Crippen molar-refractivity contribution in [1.29, 1.82) is 0 Å². The van der Waals surface area contributed by atoms with Gasteiger partial charge in [-0.2, -0.15) is 0 Å². The van der Waals surface area contributed by atoms with E-state index in [1.54, 1.807) is 12.5 Å². The summed E-state index contributed by atoms with van der Waals surface area (Å²) in [5, 5.41) is 5.71. The summed E-state index contributed by atoms with van der Waals surface area (Å²) in [5.41, 5.74) is 1.87. The third-order valence-electron chi connectivity index (χ3n) is 4.44. The number of rotatable bonds is 7. The van der Waals surface area contributed by atoms with Gasteiger partial charge < -0.3 is 19.9 Å². The fourth-order valence-corrected chi connectivity index (χ4v) is 3.08. The fourth-order valence-electron chi connectivity index (χ4n) is 3.08. The summed E-state index contributed by atoms with van der Waals surface area (Å²) in [6.07, 6.45) is 11.9. The first-order valence-electron chi connectivity index (χ1n) is 9.01. The van der Waals surface area contributed by atoms with Crippen LogP contribution in [0.2, 0.25) is 0 Å². The molecule has 2 amide bonds. The van der Waals surface area contributed by atoms with Gasteiger partial charge in [0.2, 0.25) is 0 Å². The highest BCUT2D eigenvalue weighted by molar-refractivity contribution is 5.89. The summed E-state index contributed by atoms with van der Waals surface area (Å²) in [6, 6.07) is 7.63. The molecular weight excluding hydrogens is 316 g/mol. The average Bonchev–Trinajstić information content (AvgIpc) is 3.15. The Balaban J connectivity index is 1.41. The molecule has 6 heteroatoms. The van der Waals surface area contributed by atoms with Crippen molar-refractivity contribution in [2.75, 3.05) is 11.9 Å². The van der Waals surface area contributed by atoms with E-state index in [1.807, 2.05) is 35.0 Å². The van der Waals surface area contributed by atoms with Crippen molar-refractivity contribution in [2.24, 2.45) is 0 Å². The van der Waals surface area contributed by atoms with Crippen LogP contribution < -0.4 is 10.6 Å². The van der Waals surface area contributed by atoms with Gasteiger partial charge in [0.1, 0.15) is 0 Å². The largest absolute Gasteiger partial charge is 0.374 e. The van der Waals surface area contributed by atoms with Crippen molar-refractivity contribution >= 4 is 11.7 Å². The molecule has 2 aromatic rings. The smallest absolute Gasteiger partial charge is 0.319 e. The van der Waals surface area contributed by atoms with Crippen LogP contribution in [0.4, 0.5) is 10.5 Å². The van der Waals surface area contributed by atoms with E-state index in [-0.39, 0.29) is 6.03 Å². The normalized spacial score (nSPS) is 15.0. The molecule has 1 aliphatic rings. The number of anilines is 1. The highest BCUT2D eigenvalue weighted by Gasteiger charge is 2.13. The SMILES string of the molecule is O=C(NCCn1ccnc1)Nc1cccc(COC2CCCCC2)c1. The number of hydrogen-bond acceptors (Lipinski definition) is 3. The minimum absolute atomic E-state index is 0.203. The van der Waals surface area contributed by atoms with Gasteiger partial charge in [-0.3, -0.25) is 0 Å². The second-order valence-electron chi connectivity index (χ2n) is 6.45. The lowest BCUT2D eigenvalue weighted by molar-refractivity contribution is 0.0169. The Labute approximate surface area is 148 Å². The molecule has 0 spiro atoms. The molecule has 0 atom stereocenters. The molecule has 134 valence electrons. The standard InChI is InChI=1S/C19H26N4O2/c24-19(21-10-12-23-11-9-20-15-23)22-17-6-4-5-16(13-17)14-25-18-7-2-1-3-8-18/h4-6,9,11,13,15,18H,1-3,7-8,10,12,14H2,(H2,21,22,24). The molecule has 0 saturated heterocycles. The van der Waals surface area contributed by atoms with Gasteiger partial charge in [-0.25, -0.2) is 9.78 Å². The summed E-state index contributed by atoms with van der Waals surface area (Å²) in [7, 11) is 0. The lowest BCUT2D eigenvalue weighted by Gasteiger charge is -2.22. The predicted octanol–water partition coefficient (Wildman–Crippen LogP) is 3.55. The van der Waals surface area contributed by atoms with Crippen LogP contribution in [0.25, 0.3) is 0 Å². The summed E-state index contributed by atoms with van der Waals surface area (Å²) >= 11 is 0. The van der Waals surface area contributed by atoms with Crippen LogP contribution >= 0.6 is 0 Å². The molecule has 6 nitrogen and oxygen atoms in total. The topological polar surface area (TPSA) is 68.2 Å². The molecule has 1 fully saturated rings. The number of benzene rings is 1. The molecule has 0 radical (unpaired) electrons. The summed E-state index contributed by atoms with van der Waals surface area (Å²) in [6.45, 7) is 1.85. The van der Waals surface area contributed by atoms with E-state index >= 15 is 0 Å². The quantitative estimate of drug-likeness (QED) is 0.808. The van der Waals surface area contributed by atoms with Gasteiger partial charge in [0.05, 0.1) is 19.0 Å². The molecule has 1 heterocycles. The van der Waals surface area contributed by atoms with Gasteiger partial charge in [0.25, 0.3) is 0 Å². The number of aromatic nitrogens is 2. The van der Waals surface area contributed by atoms with Gasteiger partial charge in [0.15, 0.2) is 0 Å². The van der Waals surface area contributed by atoms with Crippen molar-refractivity contribution < 1.29 is 9.53 Å². The van der Waals surface area contributed by atoms with Crippen molar-refractivity contribution in [3.8, 4) is 0 Å². The highest BCUT2D eigenvalue weighted by atomic mass is 16.5. The third-order valence-corrected chi connectivity index (χ3v) is 4.44. The van der Waals surface area contributed by atoms with Crippen LogP contribution in [0.5, 0.6) is 0 Å². The molecule has 1 saturated carbocycles. The number of amides is 2. The Morgan fingerprint density at radius 2 is 2.16 bits per heavy atom. The number of carbonyl (C=O) groups excluding carboxylic acids is 1. The number of nitrogens with zero attached hydrogens (tertiary/aromatic N) is 2. The number of nitrogens with one attached hydrogen (secondary N) is 2. The minimum atomic E-state index is -0.203. The Kier molecular flexibility index (Phi) is 6.45. The predicted molar refractivity (Wildman–Crippen MR) is 97.4 cm³/mol. The van der Waals surface area contributed by atoms with E-state index in [0.29, 0.717) is 25.8 Å². The van der Waals surface area contributed by atoms with Gasteiger partial charge >= 0.3 is 6.03 Å². The zero-order valence-corrected chi connectivity index (χ0v) is 14.5. The van der Waals surface area contributed by atoms with E-state index in [9.17, 15) is 4.79 Å². The van der Waals surface area contributed by atoms with Crippen LogP contribution in [0, 0.1) is 0 Å². The molecule has 2 N–H and O–H groups in total. The fraction of sp³-hybridized carbons (Fsp3) is 0.474. The first-order valence-corrected chi connectivity index (χ1v) is 9.01. The minimum Gasteiger partial charge on any atom is -0.374 e. The van der Waals surface area contributed by atoms with Crippen molar-refractivity contribution in [3.63, 3.8) is 0 Å². The van der Waals surface area contributed by atoms with Crippen LogP contribution in [-0.4, -0.2) is 28.2 Å². The first-order chi connectivity index (χ1) is 12.3. The molecule has 3 rings (SSSR count). The van der Waals surface area contributed by atoms with E-state index in [1.165, 1.54) is 19.3 Å². The maximum Gasteiger partial charge on any atom is 0.319 e. The second-order valence-corrected chi connectivity index (χ2v) is 6.45. The maximum absolute atomic E-state index is 12.0. The third kappa shape index (κ3) is 5.90. The van der Waals surface area contributed by atoms with Crippen molar-refractivity contribution in [3.05, 3.63) is 48.5 Å².